The van der Waals surface area contributed by atoms with E-state index in [0.717, 1.165) is 24.0 Å². The molecule has 1 amide bonds. The minimum Gasteiger partial charge on any atom is -0.350 e. The van der Waals surface area contributed by atoms with Crippen molar-refractivity contribution in [1.29, 1.82) is 0 Å². The van der Waals surface area contributed by atoms with Crippen LogP contribution in [0.1, 0.15) is 36.9 Å². The largest absolute Gasteiger partial charge is 0.350 e. The van der Waals surface area contributed by atoms with Crippen molar-refractivity contribution in [2.45, 2.75) is 37.1 Å². The Labute approximate surface area is 136 Å². The SMILES string of the molecule is C[C@H](NC(=O)CCCc1cn[nH]c1)c1ccc(S(C)(=O)=O)cc1. The summed E-state index contributed by atoms with van der Waals surface area (Å²) >= 11 is 0. The number of carbonyl (C=O) groups is 1. The molecule has 2 aromatic rings. The Hall–Kier alpha value is -2.15. The zero-order chi connectivity index (χ0) is 16.9. The predicted molar refractivity (Wildman–Crippen MR) is 87.6 cm³/mol. The van der Waals surface area contributed by atoms with E-state index < -0.39 is 9.84 Å². The van der Waals surface area contributed by atoms with E-state index in [1.807, 2.05) is 13.1 Å². The second-order valence-corrected chi connectivity index (χ2v) is 7.61. The summed E-state index contributed by atoms with van der Waals surface area (Å²) in [5, 5.41) is 9.53. The molecular formula is C16H21N3O3S. The molecule has 1 heterocycles. The van der Waals surface area contributed by atoms with Crippen LogP contribution in [0.15, 0.2) is 41.6 Å². The molecule has 2 rings (SSSR count). The number of rotatable bonds is 7. The van der Waals surface area contributed by atoms with Gasteiger partial charge in [0.2, 0.25) is 5.91 Å². The van der Waals surface area contributed by atoms with Gasteiger partial charge in [-0.2, -0.15) is 5.10 Å². The third-order valence-corrected chi connectivity index (χ3v) is 4.74. The maximum Gasteiger partial charge on any atom is 0.220 e. The van der Waals surface area contributed by atoms with Gasteiger partial charge < -0.3 is 5.32 Å². The van der Waals surface area contributed by atoms with Gasteiger partial charge in [0, 0.05) is 18.9 Å². The van der Waals surface area contributed by atoms with Gasteiger partial charge in [-0.1, -0.05) is 12.1 Å². The molecular weight excluding hydrogens is 314 g/mol. The van der Waals surface area contributed by atoms with Gasteiger partial charge in [0.15, 0.2) is 9.84 Å². The van der Waals surface area contributed by atoms with Crippen LogP contribution in [-0.2, 0) is 21.1 Å². The van der Waals surface area contributed by atoms with Crippen LogP contribution in [0.5, 0.6) is 0 Å². The first-order valence-electron chi connectivity index (χ1n) is 7.43. The Morgan fingerprint density at radius 3 is 2.57 bits per heavy atom. The molecule has 0 aliphatic rings. The fourth-order valence-corrected chi connectivity index (χ4v) is 2.90. The molecule has 1 aromatic heterocycles. The van der Waals surface area contributed by atoms with Gasteiger partial charge in [0.25, 0.3) is 0 Å². The number of aryl methyl sites for hydroxylation is 1. The van der Waals surface area contributed by atoms with E-state index in [4.69, 9.17) is 0 Å². The normalized spacial score (nSPS) is 12.8. The Morgan fingerprint density at radius 1 is 1.30 bits per heavy atom. The first-order chi connectivity index (χ1) is 10.9. The van der Waals surface area contributed by atoms with Crippen LogP contribution in [0.3, 0.4) is 0 Å². The molecule has 7 heteroatoms. The zero-order valence-electron chi connectivity index (χ0n) is 13.2. The molecule has 2 N–H and O–H groups in total. The van der Waals surface area contributed by atoms with Gasteiger partial charge in [-0.05, 0) is 43.0 Å². The first-order valence-corrected chi connectivity index (χ1v) is 9.32. The number of aromatic amines is 1. The van der Waals surface area contributed by atoms with Gasteiger partial charge >= 0.3 is 0 Å². The van der Waals surface area contributed by atoms with Crippen molar-refractivity contribution in [2.75, 3.05) is 6.26 Å². The standard InChI is InChI=1S/C16H21N3O3S/c1-12(14-6-8-15(9-7-14)23(2,21)22)19-16(20)5-3-4-13-10-17-18-11-13/h6-12H,3-5H2,1-2H3,(H,17,18)(H,19,20)/t12-/m0/s1. The van der Waals surface area contributed by atoms with Crippen LogP contribution >= 0.6 is 0 Å². The van der Waals surface area contributed by atoms with Crippen molar-refractivity contribution in [3.05, 3.63) is 47.8 Å². The quantitative estimate of drug-likeness (QED) is 0.809. The van der Waals surface area contributed by atoms with Gasteiger partial charge in [-0.25, -0.2) is 8.42 Å². The summed E-state index contributed by atoms with van der Waals surface area (Å²) in [6, 6.07) is 6.42. The fourth-order valence-electron chi connectivity index (χ4n) is 2.27. The number of aromatic nitrogens is 2. The molecule has 0 saturated carbocycles. The summed E-state index contributed by atoms with van der Waals surface area (Å²) < 4.78 is 22.9. The van der Waals surface area contributed by atoms with Crippen molar-refractivity contribution in [3.8, 4) is 0 Å². The maximum atomic E-state index is 12.0. The van der Waals surface area contributed by atoms with E-state index in [-0.39, 0.29) is 16.8 Å². The van der Waals surface area contributed by atoms with Crippen molar-refractivity contribution in [1.82, 2.24) is 15.5 Å². The average Bonchev–Trinajstić information content (AvgIpc) is 2.99. The van der Waals surface area contributed by atoms with Crippen molar-refractivity contribution in [3.63, 3.8) is 0 Å². The van der Waals surface area contributed by atoms with Crippen molar-refractivity contribution in [2.24, 2.45) is 0 Å². The lowest BCUT2D eigenvalue weighted by atomic mass is 10.1. The monoisotopic (exact) mass is 335 g/mol. The number of nitrogens with one attached hydrogen (secondary N) is 2. The number of benzene rings is 1. The van der Waals surface area contributed by atoms with Crippen LogP contribution in [0.4, 0.5) is 0 Å². The summed E-state index contributed by atoms with van der Waals surface area (Å²) in [5.41, 5.74) is 1.96. The third-order valence-electron chi connectivity index (χ3n) is 3.61. The first kappa shape index (κ1) is 17.2. The van der Waals surface area contributed by atoms with Gasteiger partial charge in [-0.15, -0.1) is 0 Å². The fraction of sp³-hybridized carbons (Fsp3) is 0.375. The smallest absolute Gasteiger partial charge is 0.220 e. The van der Waals surface area contributed by atoms with E-state index >= 15 is 0 Å². The molecule has 0 fully saturated rings. The molecule has 0 aliphatic carbocycles. The lowest BCUT2D eigenvalue weighted by molar-refractivity contribution is -0.121. The summed E-state index contributed by atoms with van der Waals surface area (Å²) in [6.07, 6.45) is 6.75. The third kappa shape index (κ3) is 5.21. The van der Waals surface area contributed by atoms with E-state index in [2.05, 4.69) is 15.5 Å². The zero-order valence-corrected chi connectivity index (χ0v) is 14.1. The topological polar surface area (TPSA) is 91.9 Å². The van der Waals surface area contributed by atoms with E-state index in [1.54, 1.807) is 30.5 Å². The van der Waals surface area contributed by atoms with E-state index in [9.17, 15) is 13.2 Å². The molecule has 0 radical (unpaired) electrons. The van der Waals surface area contributed by atoms with E-state index in [1.165, 1.54) is 6.26 Å². The molecule has 1 atom stereocenters. The minimum absolute atomic E-state index is 0.0202. The number of amides is 1. The van der Waals surface area contributed by atoms with Crippen molar-refractivity contribution >= 4 is 15.7 Å². The Balaban J connectivity index is 1.83. The second-order valence-electron chi connectivity index (χ2n) is 5.59. The number of H-pyrrole nitrogens is 1. The lowest BCUT2D eigenvalue weighted by Crippen LogP contribution is -2.26. The number of nitrogens with zero attached hydrogens (tertiary/aromatic N) is 1. The number of hydrogen-bond donors (Lipinski definition) is 2. The molecule has 6 nitrogen and oxygen atoms in total. The van der Waals surface area contributed by atoms with E-state index in [0.29, 0.717) is 6.42 Å². The molecule has 1 aromatic carbocycles. The summed E-state index contributed by atoms with van der Waals surface area (Å²) in [5.74, 6) is -0.0202. The summed E-state index contributed by atoms with van der Waals surface area (Å²) in [7, 11) is -3.20. The molecule has 0 aliphatic heterocycles. The summed E-state index contributed by atoms with van der Waals surface area (Å²) in [6.45, 7) is 1.88. The highest BCUT2D eigenvalue weighted by atomic mass is 32.2. The average molecular weight is 335 g/mol. The lowest BCUT2D eigenvalue weighted by Gasteiger charge is -2.14. The van der Waals surface area contributed by atoms with Gasteiger partial charge in [-0.3, -0.25) is 9.89 Å². The molecule has 124 valence electrons. The molecule has 0 bridgehead atoms. The molecule has 0 spiro atoms. The Kier molecular flexibility index (Phi) is 5.54. The van der Waals surface area contributed by atoms with Gasteiger partial charge in [0.05, 0.1) is 17.1 Å². The second kappa shape index (κ2) is 7.41. The summed E-state index contributed by atoms with van der Waals surface area (Å²) in [4.78, 5) is 12.2. The van der Waals surface area contributed by atoms with Crippen LogP contribution < -0.4 is 5.32 Å². The minimum atomic E-state index is -3.20. The van der Waals surface area contributed by atoms with Crippen LogP contribution in [-0.4, -0.2) is 30.8 Å². The predicted octanol–water partition coefficient (Wildman–Crippen LogP) is 2.01. The highest BCUT2D eigenvalue weighted by Gasteiger charge is 2.11. The molecule has 23 heavy (non-hydrogen) atoms. The van der Waals surface area contributed by atoms with Crippen LogP contribution in [0, 0.1) is 0 Å². The Morgan fingerprint density at radius 2 is 2.00 bits per heavy atom. The van der Waals surface area contributed by atoms with Crippen LogP contribution in [0.2, 0.25) is 0 Å². The molecule has 0 unspecified atom stereocenters. The Bertz CT molecular complexity index is 737. The molecule has 0 saturated heterocycles. The number of hydrogen-bond acceptors (Lipinski definition) is 4. The number of sulfone groups is 1. The van der Waals surface area contributed by atoms with Gasteiger partial charge in [0.1, 0.15) is 0 Å². The maximum absolute atomic E-state index is 12.0. The van der Waals surface area contributed by atoms with Crippen LogP contribution in [0.25, 0.3) is 0 Å². The highest BCUT2D eigenvalue weighted by molar-refractivity contribution is 7.90. The van der Waals surface area contributed by atoms with Crippen molar-refractivity contribution < 1.29 is 13.2 Å². The number of carbonyl (C=O) groups excluding carboxylic acids is 1. The highest BCUT2D eigenvalue weighted by Crippen LogP contribution is 2.16.